The quantitative estimate of drug-likeness (QED) is 0.781. The van der Waals surface area contributed by atoms with Gasteiger partial charge in [-0.1, -0.05) is 49.1 Å². The number of carbonyl (C=O) groups excluding carboxylic acids is 1. The summed E-state index contributed by atoms with van der Waals surface area (Å²) in [5.74, 6) is 0.248. The highest BCUT2D eigenvalue weighted by Crippen LogP contribution is 2.40. The fourth-order valence-corrected chi connectivity index (χ4v) is 4.35. The van der Waals surface area contributed by atoms with E-state index in [9.17, 15) is 4.79 Å². The Morgan fingerprint density at radius 2 is 1.96 bits per heavy atom. The Morgan fingerprint density at radius 1 is 1.20 bits per heavy atom. The molecule has 1 aliphatic carbocycles. The highest BCUT2D eigenvalue weighted by atomic mass is 16.2. The van der Waals surface area contributed by atoms with Crippen LogP contribution in [-0.4, -0.2) is 50.1 Å². The van der Waals surface area contributed by atoms with Gasteiger partial charge in [0.25, 0.3) is 0 Å². The van der Waals surface area contributed by atoms with Crippen molar-refractivity contribution in [2.24, 2.45) is 0 Å². The normalized spacial score (nSPS) is 21.0. The monoisotopic (exact) mass is 343 g/mol. The molecular weight excluding hydrogens is 310 g/mol. The van der Waals surface area contributed by atoms with E-state index in [1.54, 1.807) is 0 Å². The minimum absolute atomic E-state index is 0.248. The molecule has 1 heterocycles. The molecule has 1 saturated heterocycles. The Bertz CT molecular complexity index is 560. The van der Waals surface area contributed by atoms with Crippen molar-refractivity contribution in [3.63, 3.8) is 0 Å². The molecule has 1 aliphatic heterocycles. The van der Waals surface area contributed by atoms with E-state index in [1.165, 1.54) is 17.5 Å². The zero-order valence-corrected chi connectivity index (χ0v) is 15.7. The Kier molecular flexibility index (Phi) is 6.49. The van der Waals surface area contributed by atoms with Crippen LogP contribution in [0.2, 0.25) is 0 Å². The minimum atomic E-state index is -0.306. The van der Waals surface area contributed by atoms with Gasteiger partial charge in [-0.3, -0.25) is 4.79 Å². The zero-order chi connectivity index (χ0) is 17.5. The number of nitrogens with zero attached hydrogens (tertiary/aromatic N) is 1. The standard InChI is InChI=1S/C21H33N3O/c1-18-7-5-8-19(17-18)21(9-3-2-4-10-21)20(25)23-11-6-14-24-15-12-22-13-16-24/h5,7-8,17,22H,2-4,6,9-16H2,1H3,(H,23,25). The topological polar surface area (TPSA) is 44.4 Å². The summed E-state index contributed by atoms with van der Waals surface area (Å²) in [7, 11) is 0. The second-order valence-electron chi connectivity index (χ2n) is 7.71. The van der Waals surface area contributed by atoms with E-state index in [2.05, 4.69) is 46.7 Å². The molecule has 25 heavy (non-hydrogen) atoms. The van der Waals surface area contributed by atoms with Crippen LogP contribution in [0.15, 0.2) is 24.3 Å². The molecule has 0 bridgehead atoms. The zero-order valence-electron chi connectivity index (χ0n) is 15.7. The smallest absolute Gasteiger partial charge is 0.230 e. The van der Waals surface area contributed by atoms with Crippen molar-refractivity contribution in [1.82, 2.24) is 15.5 Å². The summed E-state index contributed by atoms with van der Waals surface area (Å²) >= 11 is 0. The lowest BCUT2D eigenvalue weighted by molar-refractivity contribution is -0.128. The molecule has 0 spiro atoms. The number of aryl methyl sites for hydroxylation is 1. The van der Waals surface area contributed by atoms with Gasteiger partial charge in [-0.15, -0.1) is 0 Å². The van der Waals surface area contributed by atoms with Gasteiger partial charge in [-0.25, -0.2) is 0 Å². The number of hydrogen-bond acceptors (Lipinski definition) is 3. The molecule has 0 unspecified atom stereocenters. The van der Waals surface area contributed by atoms with Crippen LogP contribution in [0.5, 0.6) is 0 Å². The molecule has 3 rings (SSSR count). The van der Waals surface area contributed by atoms with Crippen LogP contribution in [0.3, 0.4) is 0 Å². The summed E-state index contributed by atoms with van der Waals surface area (Å²) in [6.07, 6.45) is 6.57. The molecule has 1 aromatic rings. The lowest BCUT2D eigenvalue weighted by Gasteiger charge is -2.36. The average molecular weight is 344 g/mol. The SMILES string of the molecule is Cc1cccc(C2(C(=O)NCCCN3CCNCC3)CCCCC2)c1. The molecule has 0 aromatic heterocycles. The molecule has 0 radical (unpaired) electrons. The number of hydrogen-bond donors (Lipinski definition) is 2. The van der Waals surface area contributed by atoms with Crippen molar-refractivity contribution in [2.75, 3.05) is 39.3 Å². The number of nitrogens with one attached hydrogen (secondary N) is 2. The summed E-state index contributed by atoms with van der Waals surface area (Å²) in [6.45, 7) is 8.41. The highest BCUT2D eigenvalue weighted by molar-refractivity contribution is 5.88. The highest BCUT2D eigenvalue weighted by Gasteiger charge is 2.40. The summed E-state index contributed by atoms with van der Waals surface area (Å²) in [5.41, 5.74) is 2.15. The summed E-state index contributed by atoms with van der Waals surface area (Å²) in [5, 5.41) is 6.65. The van der Waals surface area contributed by atoms with Crippen LogP contribution >= 0.6 is 0 Å². The van der Waals surface area contributed by atoms with Gasteiger partial charge in [-0.05, 0) is 38.3 Å². The predicted molar refractivity (Wildman–Crippen MR) is 103 cm³/mol. The van der Waals surface area contributed by atoms with Gasteiger partial charge in [0.05, 0.1) is 5.41 Å². The van der Waals surface area contributed by atoms with E-state index in [4.69, 9.17) is 0 Å². The number of carbonyl (C=O) groups is 1. The Hall–Kier alpha value is -1.39. The minimum Gasteiger partial charge on any atom is -0.355 e. The molecule has 1 saturated carbocycles. The molecule has 138 valence electrons. The van der Waals surface area contributed by atoms with Gasteiger partial charge in [0.15, 0.2) is 0 Å². The second-order valence-corrected chi connectivity index (χ2v) is 7.71. The summed E-state index contributed by atoms with van der Waals surface area (Å²) < 4.78 is 0. The molecule has 2 N–H and O–H groups in total. The molecule has 2 fully saturated rings. The maximum atomic E-state index is 13.1. The van der Waals surface area contributed by atoms with Crippen LogP contribution in [0, 0.1) is 6.92 Å². The van der Waals surface area contributed by atoms with E-state index in [0.717, 1.165) is 71.4 Å². The first-order valence-electron chi connectivity index (χ1n) is 9.99. The maximum absolute atomic E-state index is 13.1. The van der Waals surface area contributed by atoms with Crippen LogP contribution in [0.4, 0.5) is 0 Å². The number of amides is 1. The molecule has 1 amide bonds. The average Bonchev–Trinajstić information content (AvgIpc) is 2.66. The first-order chi connectivity index (χ1) is 12.2. The van der Waals surface area contributed by atoms with Crippen molar-refractivity contribution < 1.29 is 4.79 Å². The van der Waals surface area contributed by atoms with Gasteiger partial charge >= 0.3 is 0 Å². The van der Waals surface area contributed by atoms with E-state index in [1.807, 2.05) is 0 Å². The summed E-state index contributed by atoms with van der Waals surface area (Å²) in [6, 6.07) is 8.58. The first-order valence-corrected chi connectivity index (χ1v) is 9.99. The lowest BCUT2D eigenvalue weighted by Crippen LogP contribution is -2.47. The van der Waals surface area contributed by atoms with E-state index in [-0.39, 0.29) is 11.3 Å². The van der Waals surface area contributed by atoms with Crippen molar-refractivity contribution >= 4 is 5.91 Å². The van der Waals surface area contributed by atoms with Crippen molar-refractivity contribution in [2.45, 2.75) is 50.9 Å². The van der Waals surface area contributed by atoms with Gasteiger partial charge in [0.1, 0.15) is 0 Å². The molecule has 1 aromatic carbocycles. The number of benzene rings is 1. The molecule has 2 aliphatic rings. The molecular formula is C21H33N3O. The van der Waals surface area contributed by atoms with Gasteiger partial charge in [0.2, 0.25) is 5.91 Å². The maximum Gasteiger partial charge on any atom is 0.230 e. The summed E-state index contributed by atoms with van der Waals surface area (Å²) in [4.78, 5) is 15.6. The Balaban J connectivity index is 1.58. The third kappa shape index (κ3) is 4.62. The fraction of sp³-hybridized carbons (Fsp3) is 0.667. The molecule has 0 atom stereocenters. The fourth-order valence-electron chi connectivity index (χ4n) is 4.35. The van der Waals surface area contributed by atoms with Gasteiger partial charge in [0, 0.05) is 32.7 Å². The third-order valence-electron chi connectivity index (χ3n) is 5.86. The Morgan fingerprint density at radius 3 is 2.68 bits per heavy atom. The van der Waals surface area contributed by atoms with Crippen molar-refractivity contribution in [3.05, 3.63) is 35.4 Å². The first kappa shape index (κ1) is 18.4. The van der Waals surface area contributed by atoms with Crippen LogP contribution in [0.25, 0.3) is 0 Å². The van der Waals surface area contributed by atoms with Crippen LogP contribution in [-0.2, 0) is 10.2 Å². The van der Waals surface area contributed by atoms with Crippen LogP contribution in [0.1, 0.15) is 49.7 Å². The lowest BCUT2D eigenvalue weighted by atomic mass is 9.68. The van der Waals surface area contributed by atoms with Gasteiger partial charge in [-0.2, -0.15) is 0 Å². The van der Waals surface area contributed by atoms with Crippen molar-refractivity contribution in [1.29, 1.82) is 0 Å². The second kappa shape index (κ2) is 8.81. The third-order valence-corrected chi connectivity index (χ3v) is 5.86. The van der Waals surface area contributed by atoms with Gasteiger partial charge < -0.3 is 15.5 Å². The van der Waals surface area contributed by atoms with E-state index >= 15 is 0 Å². The number of rotatable bonds is 6. The van der Waals surface area contributed by atoms with Crippen LogP contribution < -0.4 is 10.6 Å². The van der Waals surface area contributed by atoms with E-state index < -0.39 is 0 Å². The van der Waals surface area contributed by atoms with Crippen molar-refractivity contribution in [3.8, 4) is 0 Å². The molecule has 4 heteroatoms. The number of piperazine rings is 1. The largest absolute Gasteiger partial charge is 0.355 e. The Labute approximate surface area is 152 Å². The molecule has 4 nitrogen and oxygen atoms in total. The van der Waals surface area contributed by atoms with E-state index in [0.29, 0.717) is 0 Å². The predicted octanol–water partition coefficient (Wildman–Crippen LogP) is 2.61.